The molecular formula is C18H28FN3O3S. The molecule has 26 heavy (non-hydrogen) atoms. The maximum atomic E-state index is 13.0. The molecule has 0 radical (unpaired) electrons. The molecule has 0 spiro atoms. The number of sulfonamides is 1. The van der Waals surface area contributed by atoms with E-state index >= 15 is 0 Å². The number of hydrogen-bond donors (Lipinski definition) is 1. The van der Waals surface area contributed by atoms with Crippen molar-refractivity contribution in [3.63, 3.8) is 0 Å². The van der Waals surface area contributed by atoms with Crippen LogP contribution < -0.4 is 4.72 Å². The molecule has 0 saturated carbocycles. The van der Waals surface area contributed by atoms with Crippen LogP contribution in [0.5, 0.6) is 0 Å². The van der Waals surface area contributed by atoms with Crippen LogP contribution in [0, 0.1) is 5.82 Å². The summed E-state index contributed by atoms with van der Waals surface area (Å²) >= 11 is 0. The average molecular weight is 386 g/mol. The zero-order chi connectivity index (χ0) is 18.6. The third-order valence-electron chi connectivity index (χ3n) is 5.49. The SMILES string of the molecule is CN1CCC(CNS(=O)(=O)Cc2ccc(F)cc2)(N2CCOCC2)CC1. The van der Waals surface area contributed by atoms with Crippen LogP contribution in [0.1, 0.15) is 18.4 Å². The number of hydrogen-bond acceptors (Lipinski definition) is 5. The fourth-order valence-corrected chi connectivity index (χ4v) is 4.99. The van der Waals surface area contributed by atoms with Crippen molar-refractivity contribution in [2.45, 2.75) is 24.1 Å². The molecule has 2 fully saturated rings. The number of ether oxygens (including phenoxy) is 1. The second-order valence-corrected chi connectivity index (χ2v) is 9.14. The highest BCUT2D eigenvalue weighted by molar-refractivity contribution is 7.88. The molecule has 0 unspecified atom stereocenters. The number of nitrogens with zero attached hydrogens (tertiary/aromatic N) is 2. The fourth-order valence-electron chi connectivity index (χ4n) is 3.77. The van der Waals surface area contributed by atoms with Crippen molar-refractivity contribution in [2.24, 2.45) is 0 Å². The summed E-state index contributed by atoms with van der Waals surface area (Å²) in [5, 5.41) is 0. The van der Waals surface area contributed by atoms with Crippen molar-refractivity contribution < 1.29 is 17.5 Å². The molecule has 0 aromatic heterocycles. The molecule has 2 heterocycles. The van der Waals surface area contributed by atoms with Crippen LogP contribution in [0.15, 0.2) is 24.3 Å². The molecule has 2 aliphatic rings. The van der Waals surface area contributed by atoms with Crippen LogP contribution in [-0.2, 0) is 20.5 Å². The van der Waals surface area contributed by atoms with E-state index in [0.29, 0.717) is 25.3 Å². The quantitative estimate of drug-likeness (QED) is 0.793. The number of piperidine rings is 1. The molecule has 1 N–H and O–H groups in total. The van der Waals surface area contributed by atoms with E-state index in [4.69, 9.17) is 4.74 Å². The molecule has 0 atom stereocenters. The van der Waals surface area contributed by atoms with Gasteiger partial charge in [0.15, 0.2) is 0 Å². The number of halogens is 1. The van der Waals surface area contributed by atoms with Crippen LogP contribution in [0.2, 0.25) is 0 Å². The highest BCUT2D eigenvalue weighted by Gasteiger charge is 2.40. The van der Waals surface area contributed by atoms with Crippen LogP contribution in [-0.4, -0.2) is 76.7 Å². The van der Waals surface area contributed by atoms with Crippen molar-refractivity contribution in [3.05, 3.63) is 35.6 Å². The Bertz CT molecular complexity index is 682. The van der Waals surface area contributed by atoms with E-state index < -0.39 is 10.0 Å². The van der Waals surface area contributed by atoms with E-state index in [1.165, 1.54) is 24.3 Å². The van der Waals surface area contributed by atoms with Gasteiger partial charge in [0.05, 0.1) is 19.0 Å². The van der Waals surface area contributed by atoms with Gasteiger partial charge >= 0.3 is 0 Å². The normalized spacial score (nSPS) is 22.4. The highest BCUT2D eigenvalue weighted by atomic mass is 32.2. The Morgan fingerprint density at radius 2 is 1.73 bits per heavy atom. The van der Waals surface area contributed by atoms with Gasteiger partial charge in [0.1, 0.15) is 5.82 Å². The van der Waals surface area contributed by atoms with Gasteiger partial charge in [0, 0.05) is 25.2 Å². The van der Waals surface area contributed by atoms with Gasteiger partial charge in [-0.2, -0.15) is 0 Å². The number of rotatable bonds is 6. The molecule has 6 nitrogen and oxygen atoms in total. The first-order valence-corrected chi connectivity index (χ1v) is 10.8. The third-order valence-corrected chi connectivity index (χ3v) is 6.79. The second-order valence-electron chi connectivity index (χ2n) is 7.33. The minimum Gasteiger partial charge on any atom is -0.379 e. The minimum absolute atomic E-state index is 0.133. The first kappa shape index (κ1) is 19.7. The Morgan fingerprint density at radius 3 is 2.35 bits per heavy atom. The summed E-state index contributed by atoms with van der Waals surface area (Å²) in [6, 6.07) is 5.61. The molecule has 0 bridgehead atoms. The van der Waals surface area contributed by atoms with Crippen LogP contribution in [0.4, 0.5) is 4.39 Å². The van der Waals surface area contributed by atoms with Crippen molar-refractivity contribution in [3.8, 4) is 0 Å². The van der Waals surface area contributed by atoms with Gasteiger partial charge in [-0.1, -0.05) is 12.1 Å². The van der Waals surface area contributed by atoms with Gasteiger partial charge < -0.3 is 9.64 Å². The van der Waals surface area contributed by atoms with Crippen molar-refractivity contribution >= 4 is 10.0 Å². The first-order chi connectivity index (χ1) is 12.4. The Labute approximate surface area is 155 Å². The standard InChI is InChI=1S/C18H28FN3O3S/c1-21-8-6-18(7-9-21,22-10-12-25-13-11-22)15-20-26(23,24)14-16-2-4-17(19)5-3-16/h2-5,20H,6-15H2,1H3. The number of nitrogens with one attached hydrogen (secondary N) is 1. The van der Waals surface area contributed by atoms with E-state index in [1.807, 2.05) is 0 Å². The minimum atomic E-state index is -3.48. The third kappa shape index (κ3) is 5.01. The molecule has 3 rings (SSSR count). The second kappa shape index (κ2) is 8.31. The van der Waals surface area contributed by atoms with Gasteiger partial charge in [-0.05, 0) is 50.7 Å². The average Bonchev–Trinajstić information content (AvgIpc) is 2.64. The number of morpholine rings is 1. The summed E-state index contributed by atoms with van der Waals surface area (Å²) in [7, 11) is -1.38. The topological polar surface area (TPSA) is 61.9 Å². The summed E-state index contributed by atoms with van der Waals surface area (Å²) in [5.41, 5.74) is 0.425. The summed E-state index contributed by atoms with van der Waals surface area (Å²) < 4.78 is 46.4. The largest absolute Gasteiger partial charge is 0.379 e. The van der Waals surface area contributed by atoms with E-state index in [1.54, 1.807) is 0 Å². The van der Waals surface area contributed by atoms with Crippen LogP contribution >= 0.6 is 0 Å². The van der Waals surface area contributed by atoms with E-state index in [2.05, 4.69) is 21.6 Å². The Hall–Kier alpha value is -1.06. The van der Waals surface area contributed by atoms with E-state index in [9.17, 15) is 12.8 Å². The number of benzene rings is 1. The zero-order valence-corrected chi connectivity index (χ0v) is 16.1. The molecule has 146 valence electrons. The molecule has 2 aliphatic heterocycles. The Balaban J connectivity index is 1.67. The van der Waals surface area contributed by atoms with E-state index in [-0.39, 0.29) is 17.1 Å². The molecule has 0 aliphatic carbocycles. The first-order valence-electron chi connectivity index (χ1n) is 9.12. The smallest absolute Gasteiger partial charge is 0.215 e. The van der Waals surface area contributed by atoms with Crippen LogP contribution in [0.25, 0.3) is 0 Å². The predicted octanol–water partition coefficient (Wildman–Crippen LogP) is 1.04. The maximum Gasteiger partial charge on any atom is 0.215 e. The molecule has 1 aromatic rings. The molecule has 8 heteroatoms. The van der Waals surface area contributed by atoms with Gasteiger partial charge in [0.2, 0.25) is 10.0 Å². The van der Waals surface area contributed by atoms with Crippen molar-refractivity contribution in [1.82, 2.24) is 14.5 Å². The Kier molecular flexibility index (Phi) is 6.29. The van der Waals surface area contributed by atoms with E-state index in [0.717, 1.165) is 39.0 Å². The Morgan fingerprint density at radius 1 is 1.12 bits per heavy atom. The zero-order valence-electron chi connectivity index (χ0n) is 15.3. The predicted molar refractivity (Wildman–Crippen MR) is 98.9 cm³/mol. The lowest BCUT2D eigenvalue weighted by Crippen LogP contribution is -2.62. The van der Waals surface area contributed by atoms with Gasteiger partial charge in [-0.3, -0.25) is 4.90 Å². The van der Waals surface area contributed by atoms with Crippen molar-refractivity contribution in [1.29, 1.82) is 0 Å². The van der Waals surface area contributed by atoms with Gasteiger partial charge in [0.25, 0.3) is 0 Å². The molecular weight excluding hydrogens is 357 g/mol. The lowest BCUT2D eigenvalue weighted by molar-refractivity contribution is -0.0427. The number of likely N-dealkylation sites (tertiary alicyclic amines) is 1. The maximum absolute atomic E-state index is 13.0. The lowest BCUT2D eigenvalue weighted by atomic mass is 9.85. The van der Waals surface area contributed by atoms with Gasteiger partial charge in [-0.15, -0.1) is 0 Å². The van der Waals surface area contributed by atoms with Crippen molar-refractivity contribution in [2.75, 3.05) is 53.0 Å². The monoisotopic (exact) mass is 385 g/mol. The molecule has 2 saturated heterocycles. The molecule has 1 aromatic carbocycles. The fraction of sp³-hybridized carbons (Fsp3) is 0.667. The van der Waals surface area contributed by atoms with Gasteiger partial charge in [-0.25, -0.2) is 17.5 Å². The summed E-state index contributed by atoms with van der Waals surface area (Å²) in [6.07, 6.45) is 1.87. The lowest BCUT2D eigenvalue weighted by Gasteiger charge is -2.49. The molecule has 0 amide bonds. The summed E-state index contributed by atoms with van der Waals surface area (Å²) in [5.74, 6) is -0.497. The van der Waals surface area contributed by atoms with Crippen LogP contribution in [0.3, 0.4) is 0 Å². The highest BCUT2D eigenvalue weighted by Crippen LogP contribution is 2.29. The summed E-state index contributed by atoms with van der Waals surface area (Å²) in [4.78, 5) is 4.68. The summed E-state index contributed by atoms with van der Waals surface area (Å²) in [6.45, 7) is 5.38.